The molecule has 0 fully saturated rings. The van der Waals surface area contributed by atoms with Crippen LogP contribution in [0.1, 0.15) is 22.3 Å². The van der Waals surface area contributed by atoms with E-state index in [0.717, 1.165) is 17.7 Å². The van der Waals surface area contributed by atoms with Gasteiger partial charge in [-0.3, -0.25) is 4.79 Å². The molecule has 2 N–H and O–H groups in total. The van der Waals surface area contributed by atoms with Crippen LogP contribution in [0, 0.1) is 0 Å². The molecule has 0 aliphatic rings. The fourth-order valence-electron chi connectivity index (χ4n) is 2.74. The van der Waals surface area contributed by atoms with Crippen molar-refractivity contribution >= 4 is 27.7 Å². The summed E-state index contributed by atoms with van der Waals surface area (Å²) in [6.45, 7) is 0.723. The topological polar surface area (TPSA) is 75.3 Å². The molecular weight excluding hydrogens is 416 g/mol. The predicted octanol–water partition coefficient (Wildman–Crippen LogP) is 4.08. The second-order valence-corrected chi connectivity index (χ2v) is 9.54. The summed E-state index contributed by atoms with van der Waals surface area (Å²) < 4.78 is 27.7. The fraction of sp³-hybridized carbons (Fsp3) is 0.174. The highest BCUT2D eigenvalue weighted by Crippen LogP contribution is 2.17. The number of carbonyl (C=O) groups excluding carboxylic acids is 1. The van der Waals surface area contributed by atoms with Crippen LogP contribution in [0.25, 0.3) is 0 Å². The van der Waals surface area contributed by atoms with Gasteiger partial charge in [0.1, 0.15) is 0 Å². The molecule has 0 bridgehead atoms. The zero-order valence-corrected chi connectivity index (χ0v) is 18.1. The summed E-state index contributed by atoms with van der Waals surface area (Å²) in [7, 11) is -3.71. The fourth-order valence-corrected chi connectivity index (χ4v) is 4.68. The number of nitrogens with one attached hydrogen (secondary N) is 2. The largest absolute Gasteiger partial charge is 0.352 e. The summed E-state index contributed by atoms with van der Waals surface area (Å²) in [6.07, 6.45) is 0.821. The van der Waals surface area contributed by atoms with Crippen LogP contribution in [-0.4, -0.2) is 26.6 Å². The highest BCUT2D eigenvalue weighted by Gasteiger charge is 2.16. The lowest BCUT2D eigenvalue weighted by atomic mass is 10.2. The Labute approximate surface area is 182 Å². The molecule has 0 aliphatic carbocycles. The molecule has 30 heavy (non-hydrogen) atoms. The van der Waals surface area contributed by atoms with Gasteiger partial charge in [-0.25, -0.2) is 13.1 Å². The van der Waals surface area contributed by atoms with Crippen LogP contribution in [-0.2, 0) is 16.6 Å². The van der Waals surface area contributed by atoms with Crippen LogP contribution in [0.4, 0.5) is 0 Å². The molecule has 1 amide bonds. The molecule has 3 rings (SSSR count). The Kier molecular flexibility index (Phi) is 8.07. The van der Waals surface area contributed by atoms with Crippen molar-refractivity contribution in [3.63, 3.8) is 0 Å². The molecule has 0 radical (unpaired) electrons. The van der Waals surface area contributed by atoms with E-state index < -0.39 is 10.0 Å². The van der Waals surface area contributed by atoms with Gasteiger partial charge in [-0.1, -0.05) is 54.6 Å². The number of benzene rings is 3. The smallest absolute Gasteiger partial charge is 0.251 e. The Morgan fingerprint density at radius 2 is 1.57 bits per heavy atom. The molecule has 0 spiro atoms. The van der Waals surface area contributed by atoms with E-state index in [1.54, 1.807) is 23.9 Å². The average Bonchev–Trinajstić information content (AvgIpc) is 2.79. The Morgan fingerprint density at radius 1 is 0.867 bits per heavy atom. The third kappa shape index (κ3) is 6.73. The molecule has 0 unspecified atom stereocenters. The lowest BCUT2D eigenvalue weighted by Crippen LogP contribution is -2.26. The van der Waals surface area contributed by atoms with Gasteiger partial charge in [0.05, 0.1) is 4.90 Å². The number of sulfonamides is 1. The number of carbonyl (C=O) groups is 1. The first-order valence-corrected chi connectivity index (χ1v) is 12.1. The summed E-state index contributed by atoms with van der Waals surface area (Å²) in [4.78, 5) is 13.7. The van der Waals surface area contributed by atoms with E-state index in [9.17, 15) is 13.2 Å². The Balaban J connectivity index is 1.50. The maximum atomic E-state index is 12.6. The van der Waals surface area contributed by atoms with Crippen LogP contribution >= 0.6 is 11.8 Å². The van der Waals surface area contributed by atoms with E-state index in [-0.39, 0.29) is 17.3 Å². The zero-order chi connectivity index (χ0) is 21.2. The molecule has 3 aromatic carbocycles. The van der Waals surface area contributed by atoms with Crippen LogP contribution in [0.3, 0.4) is 0 Å². The van der Waals surface area contributed by atoms with Gasteiger partial charge in [0, 0.05) is 23.5 Å². The van der Waals surface area contributed by atoms with Crippen LogP contribution in [0.5, 0.6) is 0 Å². The van der Waals surface area contributed by atoms with Crippen molar-refractivity contribution in [2.75, 3.05) is 12.3 Å². The van der Waals surface area contributed by atoms with Crippen molar-refractivity contribution in [3.8, 4) is 0 Å². The molecule has 156 valence electrons. The molecule has 5 nitrogen and oxygen atoms in total. The number of rotatable bonds is 10. The molecule has 3 aromatic rings. The average molecular weight is 441 g/mol. The van der Waals surface area contributed by atoms with Gasteiger partial charge in [0.2, 0.25) is 10.0 Å². The molecule has 0 saturated carbocycles. The molecule has 0 aromatic heterocycles. The molecule has 0 saturated heterocycles. The molecule has 7 heteroatoms. The van der Waals surface area contributed by atoms with Gasteiger partial charge in [0.15, 0.2) is 0 Å². The summed E-state index contributed by atoms with van der Waals surface area (Å²) >= 11 is 1.74. The first-order valence-electron chi connectivity index (χ1n) is 9.64. The highest BCUT2D eigenvalue weighted by atomic mass is 32.2. The van der Waals surface area contributed by atoms with E-state index in [4.69, 9.17) is 0 Å². The van der Waals surface area contributed by atoms with Crippen LogP contribution < -0.4 is 10.0 Å². The normalized spacial score (nSPS) is 11.2. The van der Waals surface area contributed by atoms with Crippen molar-refractivity contribution in [2.45, 2.75) is 22.8 Å². The third-order valence-corrected chi connectivity index (χ3v) is 6.83. The third-order valence-electron chi connectivity index (χ3n) is 4.33. The molecule has 0 heterocycles. The minimum Gasteiger partial charge on any atom is -0.352 e. The van der Waals surface area contributed by atoms with E-state index in [2.05, 4.69) is 22.2 Å². The molecular formula is C23H24N2O3S2. The maximum Gasteiger partial charge on any atom is 0.251 e. The first-order chi connectivity index (χ1) is 14.5. The standard InChI is InChI=1S/C23H24N2O3S2/c26-23(24-15-8-16-29-21-12-5-2-6-13-21)20-11-7-14-22(17-20)30(27,28)25-18-19-9-3-1-4-10-19/h1-7,9-14,17,25H,8,15-16,18H2,(H,24,26). The number of amides is 1. The van der Waals surface area contributed by atoms with Crippen molar-refractivity contribution in [3.05, 3.63) is 96.1 Å². The summed E-state index contributed by atoms with van der Waals surface area (Å²) in [5.74, 6) is 0.613. The Bertz CT molecular complexity index is 1060. The Hall–Kier alpha value is -2.61. The predicted molar refractivity (Wildman–Crippen MR) is 121 cm³/mol. The monoisotopic (exact) mass is 440 g/mol. The van der Waals surface area contributed by atoms with E-state index >= 15 is 0 Å². The van der Waals surface area contributed by atoms with Crippen molar-refractivity contribution < 1.29 is 13.2 Å². The van der Waals surface area contributed by atoms with Gasteiger partial charge in [-0.15, -0.1) is 11.8 Å². The van der Waals surface area contributed by atoms with Gasteiger partial charge < -0.3 is 5.32 Å². The lowest BCUT2D eigenvalue weighted by molar-refractivity contribution is 0.0953. The molecule has 0 aliphatic heterocycles. The second kappa shape index (κ2) is 11.0. The van der Waals surface area contributed by atoms with Crippen LogP contribution in [0.2, 0.25) is 0 Å². The van der Waals surface area contributed by atoms with Gasteiger partial charge in [-0.2, -0.15) is 0 Å². The van der Waals surface area contributed by atoms with Crippen LogP contribution in [0.15, 0.2) is 94.7 Å². The SMILES string of the molecule is O=C(NCCCSc1ccccc1)c1cccc(S(=O)(=O)NCc2ccccc2)c1. The summed E-state index contributed by atoms with van der Waals surface area (Å²) in [6, 6.07) is 25.5. The van der Waals surface area contributed by atoms with Crippen molar-refractivity contribution in [2.24, 2.45) is 0 Å². The number of thioether (sulfide) groups is 1. The van der Waals surface area contributed by atoms with Crippen molar-refractivity contribution in [1.82, 2.24) is 10.0 Å². The lowest BCUT2D eigenvalue weighted by Gasteiger charge is -2.09. The highest BCUT2D eigenvalue weighted by molar-refractivity contribution is 7.99. The van der Waals surface area contributed by atoms with Gasteiger partial charge >= 0.3 is 0 Å². The number of hydrogen-bond acceptors (Lipinski definition) is 4. The summed E-state index contributed by atoms with van der Waals surface area (Å²) in [5.41, 5.74) is 1.19. The second-order valence-electron chi connectivity index (χ2n) is 6.61. The first kappa shape index (κ1) is 22.1. The van der Waals surface area contributed by atoms with Crippen molar-refractivity contribution in [1.29, 1.82) is 0 Å². The van der Waals surface area contributed by atoms with Gasteiger partial charge in [-0.05, 0) is 48.1 Å². The Morgan fingerprint density at radius 3 is 2.30 bits per heavy atom. The minimum atomic E-state index is -3.71. The zero-order valence-electron chi connectivity index (χ0n) is 16.5. The minimum absolute atomic E-state index is 0.0747. The summed E-state index contributed by atoms with van der Waals surface area (Å²) in [5, 5.41) is 2.85. The number of hydrogen-bond donors (Lipinski definition) is 2. The van der Waals surface area contributed by atoms with E-state index in [1.165, 1.54) is 17.0 Å². The maximum absolute atomic E-state index is 12.6. The quantitative estimate of drug-likeness (QED) is 0.368. The molecule has 0 atom stereocenters. The van der Waals surface area contributed by atoms with Gasteiger partial charge in [0.25, 0.3) is 5.91 Å². The van der Waals surface area contributed by atoms with E-state index in [0.29, 0.717) is 12.1 Å². The van der Waals surface area contributed by atoms with E-state index in [1.807, 2.05) is 48.5 Å².